The molecule has 1 atom stereocenters. The van der Waals surface area contributed by atoms with Gasteiger partial charge in [0.05, 0.1) is 5.92 Å². The van der Waals surface area contributed by atoms with Gasteiger partial charge in [-0.15, -0.1) is 0 Å². The molecule has 5 nitrogen and oxygen atoms in total. The number of nitrogens with one attached hydrogen (secondary N) is 2. The Morgan fingerprint density at radius 2 is 1.75 bits per heavy atom. The molecular weight excluding hydrogens is 254 g/mol. The molecule has 0 unspecified atom stereocenters. The number of carbonyl (C=O) groups is 2. The summed E-state index contributed by atoms with van der Waals surface area (Å²) in [6, 6.07) is 0.275. The highest BCUT2D eigenvalue weighted by molar-refractivity contribution is 5.81. The molecule has 2 heterocycles. The normalized spacial score (nSPS) is 28.2. The fourth-order valence-electron chi connectivity index (χ4n) is 3.23. The minimum Gasteiger partial charge on any atom is -0.353 e. The first-order valence-corrected chi connectivity index (χ1v) is 8.04. The van der Waals surface area contributed by atoms with Gasteiger partial charge in [-0.2, -0.15) is 0 Å². The highest BCUT2D eigenvalue weighted by atomic mass is 16.2. The van der Waals surface area contributed by atoms with Crippen LogP contribution in [-0.4, -0.2) is 48.9 Å². The molecule has 3 aliphatic rings. The van der Waals surface area contributed by atoms with Crippen LogP contribution in [0.15, 0.2) is 0 Å². The van der Waals surface area contributed by atoms with Crippen LogP contribution in [0.5, 0.6) is 0 Å². The van der Waals surface area contributed by atoms with Crippen LogP contribution in [0.3, 0.4) is 0 Å². The largest absolute Gasteiger partial charge is 0.353 e. The molecular formula is C15H25N3O2. The first kappa shape index (κ1) is 13.9. The van der Waals surface area contributed by atoms with Crippen molar-refractivity contribution in [3.63, 3.8) is 0 Å². The van der Waals surface area contributed by atoms with Gasteiger partial charge >= 0.3 is 0 Å². The number of nitrogens with zero attached hydrogens (tertiary/aromatic N) is 1. The van der Waals surface area contributed by atoms with Crippen LogP contribution >= 0.6 is 0 Å². The van der Waals surface area contributed by atoms with Crippen molar-refractivity contribution in [2.24, 2.45) is 11.8 Å². The number of likely N-dealkylation sites (tertiary alicyclic amines) is 1. The monoisotopic (exact) mass is 279 g/mol. The Labute approximate surface area is 120 Å². The maximum atomic E-state index is 12.4. The Kier molecular flexibility index (Phi) is 4.24. The minimum absolute atomic E-state index is 0.168. The summed E-state index contributed by atoms with van der Waals surface area (Å²) in [4.78, 5) is 26.1. The molecule has 2 aliphatic heterocycles. The van der Waals surface area contributed by atoms with Crippen molar-refractivity contribution in [1.82, 2.24) is 15.5 Å². The Morgan fingerprint density at radius 1 is 1.00 bits per heavy atom. The summed E-state index contributed by atoms with van der Waals surface area (Å²) in [5, 5.41) is 6.44. The minimum atomic E-state index is 0.168. The van der Waals surface area contributed by atoms with E-state index in [1.807, 2.05) is 4.90 Å². The van der Waals surface area contributed by atoms with Crippen molar-refractivity contribution < 1.29 is 9.59 Å². The third-order valence-corrected chi connectivity index (χ3v) is 4.75. The van der Waals surface area contributed by atoms with E-state index in [1.165, 1.54) is 0 Å². The number of rotatable bonds is 3. The van der Waals surface area contributed by atoms with Gasteiger partial charge in [0.15, 0.2) is 0 Å². The lowest BCUT2D eigenvalue weighted by Gasteiger charge is -2.35. The second-order valence-corrected chi connectivity index (χ2v) is 6.43. The van der Waals surface area contributed by atoms with Crippen LogP contribution in [0, 0.1) is 11.8 Å². The van der Waals surface area contributed by atoms with Crippen molar-refractivity contribution in [3.8, 4) is 0 Å². The molecule has 0 aromatic heterocycles. The van der Waals surface area contributed by atoms with Crippen LogP contribution < -0.4 is 10.6 Å². The topological polar surface area (TPSA) is 61.4 Å². The third kappa shape index (κ3) is 3.32. The Morgan fingerprint density at radius 3 is 2.35 bits per heavy atom. The molecule has 2 amide bonds. The SMILES string of the molecule is O=C(NC1CCN(C(=O)[C@H]2CCCNC2)CC1)C1CC1. The lowest BCUT2D eigenvalue weighted by atomic mass is 9.96. The standard InChI is InChI=1S/C15H25N3O2/c19-14(11-3-4-11)17-13-5-8-18(9-6-13)15(20)12-2-1-7-16-10-12/h11-13,16H,1-10H2,(H,17,19)/t12-/m0/s1. The predicted molar refractivity (Wildman–Crippen MR) is 76.1 cm³/mol. The highest BCUT2D eigenvalue weighted by Crippen LogP contribution is 2.29. The van der Waals surface area contributed by atoms with Crippen LogP contribution in [0.2, 0.25) is 0 Å². The van der Waals surface area contributed by atoms with Gasteiger partial charge in [0.25, 0.3) is 0 Å². The molecule has 3 rings (SSSR count). The van der Waals surface area contributed by atoms with Crippen LogP contribution in [0.1, 0.15) is 38.5 Å². The van der Waals surface area contributed by atoms with Gasteiger partial charge in [0.1, 0.15) is 0 Å². The van der Waals surface area contributed by atoms with Gasteiger partial charge in [-0.3, -0.25) is 9.59 Å². The number of hydrogen-bond donors (Lipinski definition) is 2. The molecule has 0 radical (unpaired) electrons. The average Bonchev–Trinajstić information content (AvgIpc) is 3.33. The quantitative estimate of drug-likeness (QED) is 0.791. The number of piperidine rings is 2. The molecule has 0 spiro atoms. The van der Waals surface area contributed by atoms with Crippen molar-refractivity contribution in [2.75, 3.05) is 26.2 Å². The Balaban J connectivity index is 1.42. The fraction of sp³-hybridized carbons (Fsp3) is 0.867. The number of carbonyl (C=O) groups excluding carboxylic acids is 2. The fourth-order valence-corrected chi connectivity index (χ4v) is 3.23. The zero-order valence-electron chi connectivity index (χ0n) is 12.1. The molecule has 1 aliphatic carbocycles. The van der Waals surface area contributed by atoms with Crippen molar-refractivity contribution in [2.45, 2.75) is 44.6 Å². The van der Waals surface area contributed by atoms with Crippen LogP contribution in [-0.2, 0) is 9.59 Å². The van der Waals surface area contributed by atoms with E-state index in [0.717, 1.165) is 64.7 Å². The van der Waals surface area contributed by atoms with Crippen molar-refractivity contribution >= 4 is 11.8 Å². The summed E-state index contributed by atoms with van der Waals surface area (Å²) in [7, 11) is 0. The maximum absolute atomic E-state index is 12.4. The van der Waals surface area contributed by atoms with E-state index in [2.05, 4.69) is 10.6 Å². The van der Waals surface area contributed by atoms with Gasteiger partial charge in [0, 0.05) is 31.6 Å². The zero-order chi connectivity index (χ0) is 13.9. The van der Waals surface area contributed by atoms with E-state index in [0.29, 0.717) is 5.91 Å². The van der Waals surface area contributed by atoms with Crippen molar-refractivity contribution in [3.05, 3.63) is 0 Å². The summed E-state index contributed by atoms with van der Waals surface area (Å²) < 4.78 is 0. The van der Waals surface area contributed by atoms with Gasteiger partial charge in [-0.05, 0) is 45.1 Å². The molecule has 2 N–H and O–H groups in total. The van der Waals surface area contributed by atoms with E-state index in [-0.39, 0.29) is 23.8 Å². The van der Waals surface area contributed by atoms with Gasteiger partial charge in [0.2, 0.25) is 11.8 Å². The van der Waals surface area contributed by atoms with Crippen LogP contribution in [0.4, 0.5) is 0 Å². The molecule has 2 saturated heterocycles. The van der Waals surface area contributed by atoms with Gasteiger partial charge < -0.3 is 15.5 Å². The molecule has 5 heteroatoms. The molecule has 1 saturated carbocycles. The van der Waals surface area contributed by atoms with Crippen LogP contribution in [0.25, 0.3) is 0 Å². The highest BCUT2D eigenvalue weighted by Gasteiger charge is 2.33. The first-order valence-electron chi connectivity index (χ1n) is 8.04. The van der Waals surface area contributed by atoms with E-state index in [9.17, 15) is 9.59 Å². The van der Waals surface area contributed by atoms with E-state index in [4.69, 9.17) is 0 Å². The van der Waals surface area contributed by atoms with Crippen molar-refractivity contribution in [1.29, 1.82) is 0 Å². The van der Waals surface area contributed by atoms with Gasteiger partial charge in [-0.1, -0.05) is 0 Å². The first-order chi connectivity index (χ1) is 9.74. The summed E-state index contributed by atoms with van der Waals surface area (Å²) >= 11 is 0. The second kappa shape index (κ2) is 6.12. The molecule has 3 fully saturated rings. The predicted octanol–water partition coefficient (Wildman–Crippen LogP) is 0.503. The summed E-state index contributed by atoms with van der Waals surface area (Å²) in [6.45, 7) is 3.46. The third-order valence-electron chi connectivity index (χ3n) is 4.75. The lowest BCUT2D eigenvalue weighted by molar-refractivity contribution is -0.137. The Hall–Kier alpha value is -1.10. The number of amides is 2. The summed E-state index contributed by atoms with van der Waals surface area (Å²) in [5.41, 5.74) is 0. The molecule has 20 heavy (non-hydrogen) atoms. The Bertz CT molecular complexity index is 367. The molecule has 0 bridgehead atoms. The summed E-state index contributed by atoms with van der Waals surface area (Å²) in [5.74, 6) is 0.986. The lowest BCUT2D eigenvalue weighted by Crippen LogP contribution is -2.50. The number of hydrogen-bond acceptors (Lipinski definition) is 3. The summed E-state index contributed by atoms with van der Waals surface area (Å²) in [6.07, 6.45) is 6.04. The average molecular weight is 279 g/mol. The molecule has 0 aromatic rings. The molecule has 0 aromatic carbocycles. The van der Waals surface area contributed by atoms with Gasteiger partial charge in [-0.25, -0.2) is 0 Å². The van der Waals surface area contributed by atoms with E-state index in [1.54, 1.807) is 0 Å². The van der Waals surface area contributed by atoms with E-state index < -0.39 is 0 Å². The van der Waals surface area contributed by atoms with E-state index >= 15 is 0 Å². The maximum Gasteiger partial charge on any atom is 0.226 e. The molecule has 112 valence electrons. The second-order valence-electron chi connectivity index (χ2n) is 6.43. The smallest absolute Gasteiger partial charge is 0.226 e. The zero-order valence-corrected chi connectivity index (χ0v) is 12.1.